The Morgan fingerprint density at radius 3 is 2.78 bits per heavy atom. The predicted molar refractivity (Wildman–Crippen MR) is 105 cm³/mol. The zero-order valence-electron chi connectivity index (χ0n) is 14.1. The average molecular weight is 424 g/mol. The minimum Gasteiger partial charge on any atom is -0.485 e. The smallest absolute Gasteiger partial charge is 0.292 e. The van der Waals surface area contributed by atoms with Crippen LogP contribution in [0.25, 0.3) is 11.0 Å². The molecule has 0 aliphatic rings. The Labute approximate surface area is 163 Å². The predicted octanol–water partition coefficient (Wildman–Crippen LogP) is 4.82. The first kappa shape index (κ1) is 17.2. The van der Waals surface area contributed by atoms with Gasteiger partial charge in [0.15, 0.2) is 17.3 Å². The Bertz CT molecular complexity index is 1100. The Kier molecular flexibility index (Phi) is 4.84. The minimum atomic E-state index is -0.398. The van der Waals surface area contributed by atoms with Crippen molar-refractivity contribution in [1.29, 1.82) is 0 Å². The molecule has 0 saturated heterocycles. The van der Waals surface area contributed by atoms with Crippen molar-refractivity contribution in [2.45, 2.75) is 6.61 Å². The number of amides is 1. The number of carbonyl (C=O) groups is 1. The lowest BCUT2D eigenvalue weighted by molar-refractivity contribution is 0.0997. The van der Waals surface area contributed by atoms with Gasteiger partial charge < -0.3 is 14.5 Å². The third kappa shape index (κ3) is 3.83. The fourth-order valence-corrected chi connectivity index (χ4v) is 3.01. The van der Waals surface area contributed by atoms with E-state index in [4.69, 9.17) is 9.15 Å². The van der Waals surface area contributed by atoms with Crippen LogP contribution in [0.3, 0.4) is 0 Å². The molecule has 0 unspecified atom stereocenters. The number of halogens is 1. The number of furan rings is 1. The SMILES string of the molecule is O=C(Nc1ncccc1OCc1ccncc1)c1cc2cccc(Br)c2o1. The first-order valence-corrected chi connectivity index (χ1v) is 8.96. The Morgan fingerprint density at radius 2 is 1.96 bits per heavy atom. The van der Waals surface area contributed by atoms with Crippen LogP contribution in [0.2, 0.25) is 0 Å². The molecule has 3 heterocycles. The standard InChI is InChI=1S/C20H14BrN3O3/c21-15-4-1-3-14-11-17(27-18(14)15)20(25)24-19-16(5-2-8-23-19)26-12-13-6-9-22-10-7-13/h1-11H,12H2,(H,23,24,25). The van der Waals surface area contributed by atoms with Gasteiger partial charge in [0.05, 0.1) is 4.47 Å². The van der Waals surface area contributed by atoms with Gasteiger partial charge in [0.2, 0.25) is 0 Å². The van der Waals surface area contributed by atoms with E-state index < -0.39 is 5.91 Å². The number of nitrogens with one attached hydrogen (secondary N) is 1. The van der Waals surface area contributed by atoms with Crippen LogP contribution in [0, 0.1) is 0 Å². The molecule has 1 aromatic carbocycles. The van der Waals surface area contributed by atoms with Crippen molar-refractivity contribution in [3.05, 3.63) is 82.9 Å². The van der Waals surface area contributed by atoms with Crippen molar-refractivity contribution in [2.24, 2.45) is 0 Å². The topological polar surface area (TPSA) is 77.2 Å². The van der Waals surface area contributed by atoms with Gasteiger partial charge >= 0.3 is 0 Å². The van der Waals surface area contributed by atoms with Crippen LogP contribution in [0.15, 0.2) is 76.0 Å². The molecule has 134 valence electrons. The number of fused-ring (bicyclic) bond motifs is 1. The first-order chi connectivity index (χ1) is 13.2. The summed E-state index contributed by atoms with van der Waals surface area (Å²) in [7, 11) is 0. The largest absolute Gasteiger partial charge is 0.485 e. The molecule has 0 spiro atoms. The van der Waals surface area contributed by atoms with Gasteiger partial charge in [-0.25, -0.2) is 4.98 Å². The molecular weight excluding hydrogens is 410 g/mol. The molecule has 3 aromatic heterocycles. The third-order valence-corrected chi connectivity index (χ3v) is 4.49. The molecule has 0 saturated carbocycles. The molecule has 0 bridgehead atoms. The molecule has 6 nitrogen and oxygen atoms in total. The van der Waals surface area contributed by atoms with E-state index >= 15 is 0 Å². The van der Waals surface area contributed by atoms with Crippen LogP contribution in [-0.2, 0) is 6.61 Å². The van der Waals surface area contributed by atoms with Gasteiger partial charge in [0.1, 0.15) is 12.2 Å². The van der Waals surface area contributed by atoms with Crippen LogP contribution in [0.1, 0.15) is 16.1 Å². The van der Waals surface area contributed by atoms with E-state index in [1.54, 1.807) is 36.8 Å². The molecule has 1 amide bonds. The van der Waals surface area contributed by atoms with E-state index in [9.17, 15) is 4.79 Å². The van der Waals surface area contributed by atoms with Crippen LogP contribution in [-0.4, -0.2) is 15.9 Å². The number of pyridine rings is 2. The summed E-state index contributed by atoms with van der Waals surface area (Å²) < 4.78 is 12.3. The van der Waals surface area contributed by atoms with Gasteiger partial charge in [-0.3, -0.25) is 9.78 Å². The van der Waals surface area contributed by atoms with Gasteiger partial charge in [-0.05, 0) is 57.9 Å². The lowest BCUT2D eigenvalue weighted by Gasteiger charge is -2.10. The highest BCUT2D eigenvalue weighted by molar-refractivity contribution is 9.10. The van der Waals surface area contributed by atoms with E-state index in [1.807, 2.05) is 30.3 Å². The summed E-state index contributed by atoms with van der Waals surface area (Å²) >= 11 is 3.42. The number of hydrogen-bond donors (Lipinski definition) is 1. The Hall–Kier alpha value is -3.19. The Morgan fingerprint density at radius 1 is 1.11 bits per heavy atom. The summed E-state index contributed by atoms with van der Waals surface area (Å²) in [6.45, 7) is 0.342. The van der Waals surface area contributed by atoms with Gasteiger partial charge in [-0.2, -0.15) is 0 Å². The number of para-hydroxylation sites is 1. The molecule has 0 atom stereocenters. The monoisotopic (exact) mass is 423 g/mol. The molecule has 0 aliphatic heterocycles. The third-order valence-electron chi connectivity index (χ3n) is 3.87. The van der Waals surface area contributed by atoms with E-state index in [-0.39, 0.29) is 5.76 Å². The molecule has 7 heteroatoms. The number of hydrogen-bond acceptors (Lipinski definition) is 5. The van der Waals surface area contributed by atoms with Crippen LogP contribution in [0.4, 0.5) is 5.82 Å². The minimum absolute atomic E-state index is 0.197. The van der Waals surface area contributed by atoms with Crippen LogP contribution >= 0.6 is 15.9 Å². The number of carbonyl (C=O) groups excluding carboxylic acids is 1. The quantitative estimate of drug-likeness (QED) is 0.497. The van der Waals surface area contributed by atoms with Crippen molar-refractivity contribution in [3.8, 4) is 5.75 Å². The maximum absolute atomic E-state index is 12.6. The molecule has 4 aromatic rings. The van der Waals surface area contributed by atoms with Crippen molar-refractivity contribution < 1.29 is 13.9 Å². The van der Waals surface area contributed by atoms with Gasteiger partial charge in [-0.15, -0.1) is 0 Å². The summed E-state index contributed by atoms with van der Waals surface area (Å²) in [5.74, 6) is 0.601. The summed E-state index contributed by atoms with van der Waals surface area (Å²) in [6.07, 6.45) is 4.98. The second kappa shape index (κ2) is 7.59. The number of rotatable bonds is 5. The number of benzene rings is 1. The van der Waals surface area contributed by atoms with E-state index in [0.29, 0.717) is 23.8 Å². The summed E-state index contributed by atoms with van der Waals surface area (Å²) in [5.41, 5.74) is 1.59. The van der Waals surface area contributed by atoms with Gasteiger partial charge in [0, 0.05) is 24.0 Å². The molecule has 4 rings (SSSR count). The highest BCUT2D eigenvalue weighted by Gasteiger charge is 2.16. The fourth-order valence-electron chi connectivity index (χ4n) is 2.55. The molecule has 0 aliphatic carbocycles. The summed E-state index contributed by atoms with van der Waals surface area (Å²) in [4.78, 5) is 20.8. The second-order valence-electron chi connectivity index (χ2n) is 5.72. The molecule has 0 radical (unpaired) electrons. The average Bonchev–Trinajstić information content (AvgIpc) is 3.14. The highest BCUT2D eigenvalue weighted by Crippen LogP contribution is 2.28. The first-order valence-electron chi connectivity index (χ1n) is 8.17. The van der Waals surface area contributed by atoms with Gasteiger partial charge in [0.25, 0.3) is 5.91 Å². The molecule has 27 heavy (non-hydrogen) atoms. The zero-order chi connectivity index (χ0) is 18.6. The van der Waals surface area contributed by atoms with Crippen molar-refractivity contribution in [2.75, 3.05) is 5.32 Å². The van der Waals surface area contributed by atoms with Gasteiger partial charge in [-0.1, -0.05) is 12.1 Å². The van der Waals surface area contributed by atoms with Crippen LogP contribution in [0.5, 0.6) is 5.75 Å². The zero-order valence-corrected chi connectivity index (χ0v) is 15.6. The lowest BCUT2D eigenvalue weighted by Crippen LogP contribution is -2.13. The Balaban J connectivity index is 1.53. The van der Waals surface area contributed by atoms with Crippen molar-refractivity contribution in [1.82, 2.24) is 9.97 Å². The molecule has 0 fully saturated rings. The van der Waals surface area contributed by atoms with E-state index in [2.05, 4.69) is 31.2 Å². The second-order valence-corrected chi connectivity index (χ2v) is 6.57. The fraction of sp³-hybridized carbons (Fsp3) is 0.0500. The number of anilines is 1. The molecular formula is C20H14BrN3O3. The van der Waals surface area contributed by atoms with Crippen molar-refractivity contribution >= 4 is 38.6 Å². The van der Waals surface area contributed by atoms with E-state index in [1.165, 1.54) is 0 Å². The summed E-state index contributed by atoms with van der Waals surface area (Å²) in [5, 5.41) is 3.58. The number of aromatic nitrogens is 2. The van der Waals surface area contributed by atoms with E-state index in [0.717, 1.165) is 15.4 Å². The number of ether oxygens (including phenoxy) is 1. The highest BCUT2D eigenvalue weighted by atomic mass is 79.9. The number of nitrogens with zero attached hydrogens (tertiary/aromatic N) is 2. The van der Waals surface area contributed by atoms with Crippen molar-refractivity contribution in [3.63, 3.8) is 0 Å². The molecule has 1 N–H and O–H groups in total. The lowest BCUT2D eigenvalue weighted by atomic mass is 10.2. The maximum atomic E-state index is 12.6. The normalized spacial score (nSPS) is 10.7. The maximum Gasteiger partial charge on any atom is 0.292 e. The van der Waals surface area contributed by atoms with Crippen LogP contribution < -0.4 is 10.1 Å². The summed E-state index contributed by atoms with van der Waals surface area (Å²) in [6, 6.07) is 14.5.